The molecule has 0 heterocycles. The number of rotatable bonds is 7. The first-order valence-electron chi connectivity index (χ1n) is 16.2. The van der Waals surface area contributed by atoms with Crippen molar-refractivity contribution in [3.05, 3.63) is 35.9 Å². The average molecular weight is 673 g/mol. The molecule has 1 aromatic carbocycles. The van der Waals surface area contributed by atoms with Crippen molar-refractivity contribution in [2.75, 3.05) is 6.61 Å². The van der Waals surface area contributed by atoms with Crippen LogP contribution in [-0.4, -0.2) is 88.1 Å². The zero-order valence-corrected chi connectivity index (χ0v) is 28.2. The van der Waals surface area contributed by atoms with E-state index in [1.54, 1.807) is 45.9 Å². The van der Waals surface area contributed by atoms with E-state index in [9.17, 15) is 39.0 Å². The summed E-state index contributed by atoms with van der Waals surface area (Å²) in [5.74, 6) is -8.37. The van der Waals surface area contributed by atoms with E-state index in [-0.39, 0.29) is 30.6 Å². The van der Waals surface area contributed by atoms with Gasteiger partial charge >= 0.3 is 29.8 Å². The van der Waals surface area contributed by atoms with E-state index in [2.05, 4.69) is 0 Å². The first kappa shape index (κ1) is 35.5. The van der Waals surface area contributed by atoms with Gasteiger partial charge in [-0.25, -0.2) is 9.59 Å². The van der Waals surface area contributed by atoms with Crippen LogP contribution >= 0.6 is 0 Å². The summed E-state index contributed by atoms with van der Waals surface area (Å²) in [7, 11) is 0. The first-order chi connectivity index (χ1) is 22.3. The third-order valence-electron chi connectivity index (χ3n) is 11.1. The monoisotopic (exact) mass is 672 g/mol. The number of benzene rings is 1. The SMILES string of the molecule is CC(=O)O[C@@H]1[C@@]2(O)C[C@H](C)[C@H](OC(=O)c3ccccc3)[C@@H]2[C@@H](OC(=O)CO)[C@]2(OC(C)=O)C[C@H]3C(=O)C(C)(C)C[C@@H]3[C@@]1(C)[C@H]2OC(C)=O. The number of carbonyl (C=O) groups excluding carboxylic acids is 6. The second-order valence-corrected chi connectivity index (χ2v) is 14.8. The number of esters is 5. The van der Waals surface area contributed by atoms with Crippen LogP contribution in [0.2, 0.25) is 0 Å². The van der Waals surface area contributed by atoms with Crippen molar-refractivity contribution >= 4 is 35.6 Å². The highest BCUT2D eigenvalue weighted by Gasteiger charge is 2.82. The number of hydrogen-bond acceptors (Lipinski definition) is 13. The van der Waals surface area contributed by atoms with Gasteiger partial charge in [0.05, 0.1) is 16.9 Å². The minimum absolute atomic E-state index is 0.164. The molecule has 5 rings (SSSR count). The second kappa shape index (κ2) is 12.2. The highest BCUT2D eigenvalue weighted by atomic mass is 16.6. The predicted octanol–water partition coefficient (Wildman–Crippen LogP) is 2.32. The molecule has 0 saturated heterocycles. The number of fused-ring (bicyclic) bond motifs is 5. The quantitative estimate of drug-likeness (QED) is 0.318. The molecule has 4 saturated carbocycles. The predicted molar refractivity (Wildman–Crippen MR) is 164 cm³/mol. The van der Waals surface area contributed by atoms with E-state index < -0.39 is 107 Å². The fourth-order valence-corrected chi connectivity index (χ4v) is 9.62. The Labute approximate surface area is 278 Å². The molecule has 0 aromatic heterocycles. The summed E-state index contributed by atoms with van der Waals surface area (Å²) >= 11 is 0. The van der Waals surface area contributed by atoms with E-state index in [0.717, 1.165) is 20.8 Å². The van der Waals surface area contributed by atoms with E-state index >= 15 is 0 Å². The van der Waals surface area contributed by atoms with Crippen LogP contribution < -0.4 is 0 Å². The topological polar surface area (TPSA) is 189 Å². The van der Waals surface area contributed by atoms with E-state index in [1.807, 2.05) is 0 Å². The van der Waals surface area contributed by atoms with Gasteiger partial charge in [0.2, 0.25) is 0 Å². The van der Waals surface area contributed by atoms with Crippen LogP contribution in [0.5, 0.6) is 0 Å². The normalized spacial score (nSPS) is 39.2. The third kappa shape index (κ3) is 5.48. The van der Waals surface area contributed by atoms with Gasteiger partial charge in [0.1, 0.15) is 30.2 Å². The van der Waals surface area contributed by atoms with Crippen LogP contribution in [0.1, 0.15) is 78.1 Å². The van der Waals surface area contributed by atoms with Gasteiger partial charge in [0.25, 0.3) is 0 Å². The summed E-state index contributed by atoms with van der Waals surface area (Å²) in [6.45, 7) is 9.09. The molecular formula is C35H44O13. The molecule has 0 radical (unpaired) electrons. The van der Waals surface area contributed by atoms with E-state index in [1.165, 1.54) is 12.1 Å². The van der Waals surface area contributed by atoms with Crippen molar-refractivity contribution < 1.29 is 62.7 Å². The molecule has 4 fully saturated rings. The Balaban J connectivity index is 1.86. The van der Waals surface area contributed by atoms with Gasteiger partial charge in [-0.15, -0.1) is 0 Å². The summed E-state index contributed by atoms with van der Waals surface area (Å²) in [5, 5.41) is 23.0. The fraction of sp³-hybridized carbons (Fsp3) is 0.657. The zero-order valence-electron chi connectivity index (χ0n) is 28.2. The number of aliphatic hydroxyl groups is 2. The molecule has 0 unspecified atom stereocenters. The molecule has 1 aromatic rings. The molecule has 11 atom stereocenters. The lowest BCUT2D eigenvalue weighted by atomic mass is 9.53. The second-order valence-electron chi connectivity index (χ2n) is 14.8. The Morgan fingerprint density at radius 2 is 1.44 bits per heavy atom. The summed E-state index contributed by atoms with van der Waals surface area (Å²) in [4.78, 5) is 79.8. The van der Waals surface area contributed by atoms with Crippen LogP contribution in [0.25, 0.3) is 0 Å². The maximum atomic E-state index is 14.1. The van der Waals surface area contributed by atoms with Crippen molar-refractivity contribution in [3.8, 4) is 0 Å². The number of Topliss-reactive ketones (excluding diaryl/α,β-unsaturated/α-hetero) is 1. The highest BCUT2D eigenvalue weighted by molar-refractivity contribution is 5.90. The largest absolute Gasteiger partial charge is 0.459 e. The first-order valence-corrected chi connectivity index (χ1v) is 16.2. The Bertz CT molecular complexity index is 1500. The third-order valence-corrected chi connectivity index (χ3v) is 11.1. The number of aliphatic hydroxyl groups excluding tert-OH is 1. The van der Waals surface area contributed by atoms with Gasteiger partial charge in [-0.2, -0.15) is 0 Å². The van der Waals surface area contributed by atoms with Gasteiger partial charge < -0.3 is 33.9 Å². The van der Waals surface area contributed by atoms with Gasteiger partial charge in [0.15, 0.2) is 17.8 Å². The van der Waals surface area contributed by atoms with E-state index in [0.29, 0.717) is 0 Å². The maximum absolute atomic E-state index is 14.1. The lowest BCUT2D eigenvalue weighted by molar-refractivity contribution is -0.269. The molecule has 0 amide bonds. The van der Waals surface area contributed by atoms with E-state index in [4.69, 9.17) is 23.7 Å². The van der Waals surface area contributed by atoms with Crippen molar-refractivity contribution in [1.82, 2.24) is 0 Å². The summed E-state index contributed by atoms with van der Waals surface area (Å²) in [6, 6.07) is 8.06. The Morgan fingerprint density at radius 3 is 2.00 bits per heavy atom. The molecule has 2 bridgehead atoms. The highest BCUT2D eigenvalue weighted by Crippen LogP contribution is 2.69. The summed E-state index contributed by atoms with van der Waals surface area (Å²) in [6.07, 6.45) is -6.36. The minimum Gasteiger partial charge on any atom is -0.459 e. The van der Waals surface area contributed by atoms with Crippen molar-refractivity contribution in [1.29, 1.82) is 0 Å². The van der Waals surface area contributed by atoms with Crippen LogP contribution in [0.3, 0.4) is 0 Å². The van der Waals surface area contributed by atoms with Gasteiger partial charge in [0, 0.05) is 38.5 Å². The van der Waals surface area contributed by atoms with Gasteiger partial charge in [-0.3, -0.25) is 19.2 Å². The number of carbonyl (C=O) groups is 6. The lowest BCUT2D eigenvalue weighted by Gasteiger charge is -2.58. The van der Waals surface area contributed by atoms with Gasteiger partial charge in [-0.05, 0) is 36.8 Å². The molecule has 2 N–H and O–H groups in total. The average Bonchev–Trinajstić information content (AvgIpc) is 3.38. The summed E-state index contributed by atoms with van der Waals surface area (Å²) in [5.41, 5.74) is -6.71. The smallest absolute Gasteiger partial charge is 0.338 e. The van der Waals surface area contributed by atoms with Crippen LogP contribution in [-0.2, 0) is 47.7 Å². The van der Waals surface area contributed by atoms with Crippen molar-refractivity contribution in [3.63, 3.8) is 0 Å². The molecule has 13 nitrogen and oxygen atoms in total. The molecule has 13 heteroatoms. The summed E-state index contributed by atoms with van der Waals surface area (Å²) < 4.78 is 30.3. The molecule has 4 aliphatic carbocycles. The van der Waals surface area contributed by atoms with Crippen LogP contribution in [0.4, 0.5) is 0 Å². The molecule has 48 heavy (non-hydrogen) atoms. The van der Waals surface area contributed by atoms with Crippen LogP contribution in [0, 0.1) is 34.5 Å². The molecule has 4 aliphatic rings. The number of ether oxygens (including phenoxy) is 5. The number of ketones is 1. The number of hydrogen-bond donors (Lipinski definition) is 2. The Kier molecular flexibility index (Phi) is 9.05. The van der Waals surface area contributed by atoms with Crippen molar-refractivity contribution in [2.24, 2.45) is 34.5 Å². The minimum atomic E-state index is -2.18. The lowest BCUT2D eigenvalue weighted by Crippen LogP contribution is -2.70. The molecule has 0 spiro atoms. The van der Waals surface area contributed by atoms with Gasteiger partial charge in [-0.1, -0.05) is 45.9 Å². The standard InChI is InChI=1S/C35H44O13/c1-17-13-34(43)25(26(17)47-29(42)21-11-9-8-10-12-21)28(46-24(40)16-36)35(48-20(4)39)14-22-23(15-32(5,6)27(22)41)33(7,30(34)44-18(2)37)31(35)45-19(3)38/h8-12,17,22-23,25-26,28,30-31,36,43H,13-16H2,1-7H3/t17-,22+,23-,25+,26-,28+,30-,31+,33+,34+,35+/m0/s1. The zero-order chi connectivity index (χ0) is 35.6. The fourth-order valence-electron chi connectivity index (χ4n) is 9.62. The Hall–Kier alpha value is -3.84. The molecular weight excluding hydrogens is 628 g/mol. The van der Waals surface area contributed by atoms with Crippen LogP contribution in [0.15, 0.2) is 30.3 Å². The van der Waals surface area contributed by atoms with Crippen molar-refractivity contribution in [2.45, 2.75) is 103 Å². The maximum Gasteiger partial charge on any atom is 0.338 e. The Morgan fingerprint density at radius 1 is 0.833 bits per heavy atom. The molecule has 262 valence electrons. The molecule has 0 aliphatic heterocycles.